The number of nitrogens with zero attached hydrogens (tertiary/aromatic N) is 1. The Morgan fingerprint density at radius 2 is 2.04 bits per heavy atom. The summed E-state index contributed by atoms with van der Waals surface area (Å²) in [7, 11) is 0. The molecule has 1 aromatic carbocycles. The molecular weight excluding hydrogens is 348 g/mol. The minimum Gasteiger partial charge on any atom is -0.439 e. The van der Waals surface area contributed by atoms with Gasteiger partial charge in [-0.1, -0.05) is 23.7 Å². The predicted molar refractivity (Wildman–Crippen MR) is 91.1 cm³/mol. The van der Waals surface area contributed by atoms with Crippen LogP contribution >= 0.6 is 22.9 Å². The molecular formula is C17H9ClN2O3S. The summed E-state index contributed by atoms with van der Waals surface area (Å²) in [6.45, 7) is 0. The van der Waals surface area contributed by atoms with E-state index in [1.807, 2.05) is 12.1 Å². The summed E-state index contributed by atoms with van der Waals surface area (Å²) in [6.07, 6.45) is 0. The molecule has 0 saturated carbocycles. The standard InChI is InChI=1S/C17H9ClN2O3S/c18-12-6-5-11(24-12)13-9(7-19)16(20)23-15-8-3-1-2-4-10(8)22-17(21)14(13)15/h1-6,13H,20H2. The van der Waals surface area contributed by atoms with Crippen LogP contribution in [0.4, 0.5) is 0 Å². The van der Waals surface area contributed by atoms with Gasteiger partial charge in [0, 0.05) is 4.88 Å². The van der Waals surface area contributed by atoms with Gasteiger partial charge in [-0.25, -0.2) is 4.79 Å². The minimum absolute atomic E-state index is 0.0183. The Morgan fingerprint density at radius 1 is 1.25 bits per heavy atom. The summed E-state index contributed by atoms with van der Waals surface area (Å²) < 4.78 is 11.6. The number of rotatable bonds is 1. The second-order valence-corrected chi connectivity index (χ2v) is 6.94. The molecule has 2 aromatic heterocycles. The summed E-state index contributed by atoms with van der Waals surface area (Å²) in [6, 6.07) is 12.5. The Kier molecular flexibility index (Phi) is 3.34. The van der Waals surface area contributed by atoms with E-state index in [4.69, 9.17) is 26.5 Å². The smallest absolute Gasteiger partial charge is 0.344 e. The third-order valence-electron chi connectivity index (χ3n) is 3.85. The molecule has 4 rings (SSSR count). The first-order valence-corrected chi connectivity index (χ1v) is 8.18. The van der Waals surface area contributed by atoms with Crippen molar-refractivity contribution < 1.29 is 9.15 Å². The third-order valence-corrected chi connectivity index (χ3v) is 5.15. The Labute approximate surface area is 145 Å². The van der Waals surface area contributed by atoms with Crippen LogP contribution in [0.1, 0.15) is 16.4 Å². The van der Waals surface area contributed by atoms with Crippen molar-refractivity contribution in [1.82, 2.24) is 0 Å². The first-order valence-electron chi connectivity index (χ1n) is 6.98. The Hall–Kier alpha value is -2.75. The van der Waals surface area contributed by atoms with E-state index in [1.165, 1.54) is 11.3 Å². The van der Waals surface area contributed by atoms with Crippen LogP contribution in [0.2, 0.25) is 4.34 Å². The van der Waals surface area contributed by atoms with E-state index in [1.54, 1.807) is 30.3 Å². The van der Waals surface area contributed by atoms with Crippen molar-refractivity contribution in [2.75, 3.05) is 0 Å². The highest BCUT2D eigenvalue weighted by atomic mass is 35.5. The van der Waals surface area contributed by atoms with Gasteiger partial charge >= 0.3 is 5.63 Å². The van der Waals surface area contributed by atoms with Crippen LogP contribution < -0.4 is 16.1 Å². The monoisotopic (exact) mass is 356 g/mol. The zero-order valence-corrected chi connectivity index (χ0v) is 13.6. The molecule has 3 aromatic rings. The van der Waals surface area contributed by atoms with Gasteiger partial charge in [-0.3, -0.25) is 0 Å². The van der Waals surface area contributed by atoms with Gasteiger partial charge in [0.25, 0.3) is 0 Å². The summed E-state index contributed by atoms with van der Waals surface area (Å²) in [4.78, 5) is 13.3. The second kappa shape index (κ2) is 5.41. The van der Waals surface area contributed by atoms with Crippen molar-refractivity contribution in [1.29, 1.82) is 5.26 Å². The van der Waals surface area contributed by atoms with Crippen molar-refractivity contribution in [2.45, 2.75) is 5.92 Å². The molecule has 5 nitrogen and oxygen atoms in total. The summed E-state index contributed by atoms with van der Waals surface area (Å²) in [5.41, 5.74) is 6.23. The van der Waals surface area contributed by atoms with Gasteiger partial charge in [0.15, 0.2) is 5.75 Å². The molecule has 0 spiro atoms. The maximum atomic E-state index is 12.6. The van der Waals surface area contributed by atoms with Gasteiger partial charge in [-0.15, -0.1) is 11.3 Å². The highest BCUT2D eigenvalue weighted by Gasteiger charge is 2.36. The predicted octanol–water partition coefficient (Wildman–Crippen LogP) is 3.73. The second-order valence-electron chi connectivity index (χ2n) is 5.20. The quantitative estimate of drug-likeness (QED) is 0.671. The molecule has 24 heavy (non-hydrogen) atoms. The molecule has 0 saturated heterocycles. The summed E-state index contributed by atoms with van der Waals surface area (Å²) in [5, 5.41) is 10.1. The molecule has 1 aliphatic rings. The van der Waals surface area contributed by atoms with Crippen molar-refractivity contribution in [3.63, 3.8) is 0 Å². The number of ether oxygens (including phenoxy) is 1. The zero-order chi connectivity index (χ0) is 16.8. The van der Waals surface area contributed by atoms with E-state index in [2.05, 4.69) is 0 Å². The first kappa shape index (κ1) is 14.8. The SMILES string of the molecule is N#CC1=C(N)Oc2c(c(=O)oc3ccccc23)C1c1ccc(Cl)s1. The molecule has 2 N–H and O–H groups in total. The molecule has 0 radical (unpaired) electrons. The summed E-state index contributed by atoms with van der Waals surface area (Å²) in [5.74, 6) is -0.347. The molecule has 0 amide bonds. The lowest BCUT2D eigenvalue weighted by atomic mass is 9.88. The number of benzene rings is 1. The molecule has 1 atom stereocenters. The number of nitriles is 1. The van der Waals surface area contributed by atoms with Gasteiger partial charge in [0.05, 0.1) is 21.2 Å². The average Bonchev–Trinajstić information content (AvgIpc) is 3.00. The van der Waals surface area contributed by atoms with Crippen molar-refractivity contribution in [3.8, 4) is 11.8 Å². The van der Waals surface area contributed by atoms with E-state index in [9.17, 15) is 10.1 Å². The molecule has 0 aliphatic carbocycles. The van der Waals surface area contributed by atoms with Gasteiger partial charge in [-0.2, -0.15) is 5.26 Å². The van der Waals surface area contributed by atoms with E-state index in [0.717, 1.165) is 4.88 Å². The van der Waals surface area contributed by atoms with Crippen molar-refractivity contribution in [2.24, 2.45) is 5.73 Å². The van der Waals surface area contributed by atoms with Crippen LogP contribution in [0.5, 0.6) is 5.75 Å². The van der Waals surface area contributed by atoms with Crippen LogP contribution in [0, 0.1) is 11.3 Å². The Bertz CT molecular complexity index is 1110. The molecule has 0 bridgehead atoms. The fraction of sp³-hybridized carbons (Fsp3) is 0.0588. The number of para-hydroxylation sites is 1. The number of halogens is 1. The molecule has 7 heteroatoms. The number of fused-ring (bicyclic) bond motifs is 3. The highest BCUT2D eigenvalue weighted by Crippen LogP contribution is 2.45. The third kappa shape index (κ3) is 2.10. The van der Waals surface area contributed by atoms with Gasteiger partial charge in [-0.05, 0) is 24.3 Å². The number of allylic oxidation sites excluding steroid dienone is 1. The van der Waals surface area contributed by atoms with Gasteiger partial charge < -0.3 is 14.9 Å². The van der Waals surface area contributed by atoms with Gasteiger partial charge in [0.2, 0.25) is 5.88 Å². The molecule has 1 aliphatic heterocycles. The Balaban J connectivity index is 2.10. The van der Waals surface area contributed by atoms with Crippen molar-refractivity contribution >= 4 is 33.9 Å². The maximum absolute atomic E-state index is 12.6. The maximum Gasteiger partial charge on any atom is 0.344 e. The first-order chi connectivity index (χ1) is 11.6. The number of hydrogen-bond donors (Lipinski definition) is 1. The fourth-order valence-electron chi connectivity index (χ4n) is 2.83. The Morgan fingerprint density at radius 3 is 2.75 bits per heavy atom. The van der Waals surface area contributed by atoms with E-state index in [-0.39, 0.29) is 17.0 Å². The average molecular weight is 357 g/mol. The number of hydrogen-bond acceptors (Lipinski definition) is 6. The van der Waals surface area contributed by atoms with Crippen LogP contribution in [-0.2, 0) is 0 Å². The van der Waals surface area contributed by atoms with E-state index >= 15 is 0 Å². The lowest BCUT2D eigenvalue weighted by Crippen LogP contribution is -2.25. The molecule has 0 fully saturated rings. The van der Waals surface area contributed by atoms with Crippen LogP contribution in [0.15, 0.2) is 57.1 Å². The lowest BCUT2D eigenvalue weighted by Gasteiger charge is -2.24. The van der Waals surface area contributed by atoms with Gasteiger partial charge in [0.1, 0.15) is 17.2 Å². The number of thiophene rings is 1. The minimum atomic E-state index is -0.655. The number of nitrogens with two attached hydrogens (primary N) is 1. The van der Waals surface area contributed by atoms with Crippen LogP contribution in [0.25, 0.3) is 11.0 Å². The van der Waals surface area contributed by atoms with E-state index in [0.29, 0.717) is 21.1 Å². The molecule has 1 unspecified atom stereocenters. The zero-order valence-electron chi connectivity index (χ0n) is 12.1. The van der Waals surface area contributed by atoms with E-state index < -0.39 is 11.5 Å². The molecule has 3 heterocycles. The largest absolute Gasteiger partial charge is 0.439 e. The van der Waals surface area contributed by atoms with Crippen LogP contribution in [-0.4, -0.2) is 0 Å². The highest BCUT2D eigenvalue weighted by molar-refractivity contribution is 7.16. The lowest BCUT2D eigenvalue weighted by molar-refractivity contribution is 0.388. The summed E-state index contributed by atoms with van der Waals surface area (Å²) >= 11 is 7.31. The molecule has 118 valence electrons. The fourth-order valence-corrected chi connectivity index (χ4v) is 4.02. The topological polar surface area (TPSA) is 89.3 Å². The van der Waals surface area contributed by atoms with Crippen molar-refractivity contribution in [3.05, 3.63) is 73.1 Å². The normalized spacial score (nSPS) is 16.6. The van der Waals surface area contributed by atoms with Crippen LogP contribution in [0.3, 0.4) is 0 Å².